The lowest BCUT2D eigenvalue weighted by Crippen LogP contribution is -2.17. The lowest BCUT2D eigenvalue weighted by Gasteiger charge is -2.13. The third-order valence-corrected chi connectivity index (χ3v) is 3.86. The first-order chi connectivity index (χ1) is 9.94. The van der Waals surface area contributed by atoms with Crippen LogP contribution >= 0.6 is 11.3 Å². The van der Waals surface area contributed by atoms with E-state index in [1.807, 2.05) is 13.0 Å². The molecule has 0 spiro atoms. The Morgan fingerprint density at radius 2 is 1.71 bits per heavy atom. The Kier molecular flexibility index (Phi) is 3.33. The van der Waals surface area contributed by atoms with Gasteiger partial charge in [-0.25, -0.2) is 4.98 Å². The molecular weight excluding hydrogens is 299 g/mol. The standard InChI is InChI=1S/C15H10F3NOS/c1-9-19-14-11(6-4-8-13(14)21-9)10-5-2-3-7-12(10)20-15(16,17)18/h2-8H,1H3. The number of halogens is 3. The van der Waals surface area contributed by atoms with Gasteiger partial charge in [-0.15, -0.1) is 24.5 Å². The summed E-state index contributed by atoms with van der Waals surface area (Å²) in [4.78, 5) is 4.41. The molecule has 3 rings (SSSR count). The number of hydrogen-bond acceptors (Lipinski definition) is 3. The van der Waals surface area contributed by atoms with Crippen LogP contribution in [0.1, 0.15) is 5.01 Å². The summed E-state index contributed by atoms with van der Waals surface area (Å²) in [6.07, 6.45) is -4.72. The molecule has 2 nitrogen and oxygen atoms in total. The smallest absolute Gasteiger partial charge is 0.405 e. The third kappa shape index (κ3) is 2.85. The monoisotopic (exact) mass is 309 g/mol. The topological polar surface area (TPSA) is 22.1 Å². The number of rotatable bonds is 2. The van der Waals surface area contributed by atoms with Gasteiger partial charge in [-0.2, -0.15) is 0 Å². The molecule has 0 amide bonds. The fourth-order valence-electron chi connectivity index (χ4n) is 2.18. The molecule has 0 fully saturated rings. The Bertz CT molecular complexity index is 795. The summed E-state index contributed by atoms with van der Waals surface area (Å²) in [5.74, 6) is -0.219. The molecule has 0 aliphatic rings. The van der Waals surface area contributed by atoms with E-state index in [9.17, 15) is 13.2 Å². The maximum atomic E-state index is 12.5. The predicted molar refractivity (Wildman–Crippen MR) is 76.5 cm³/mol. The lowest BCUT2D eigenvalue weighted by molar-refractivity contribution is -0.274. The molecule has 0 bridgehead atoms. The molecule has 0 N–H and O–H groups in total. The van der Waals surface area contributed by atoms with Crippen LogP contribution in [-0.2, 0) is 0 Å². The highest BCUT2D eigenvalue weighted by atomic mass is 32.1. The molecule has 3 aromatic rings. The average Bonchev–Trinajstić information content (AvgIpc) is 2.77. The van der Waals surface area contributed by atoms with Crippen LogP contribution in [0.4, 0.5) is 13.2 Å². The Balaban J connectivity index is 2.19. The summed E-state index contributed by atoms with van der Waals surface area (Å²) >= 11 is 1.51. The molecule has 0 unspecified atom stereocenters. The number of fused-ring (bicyclic) bond motifs is 1. The average molecular weight is 309 g/mol. The fraction of sp³-hybridized carbons (Fsp3) is 0.133. The first-order valence-electron chi connectivity index (χ1n) is 6.15. The van der Waals surface area contributed by atoms with Crippen molar-refractivity contribution in [2.75, 3.05) is 0 Å². The quantitative estimate of drug-likeness (QED) is 0.651. The second kappa shape index (κ2) is 5.04. The van der Waals surface area contributed by atoms with Gasteiger partial charge in [-0.1, -0.05) is 30.3 Å². The summed E-state index contributed by atoms with van der Waals surface area (Å²) in [5, 5.41) is 0.867. The van der Waals surface area contributed by atoms with Crippen molar-refractivity contribution in [3.63, 3.8) is 0 Å². The number of alkyl halides is 3. The highest BCUT2D eigenvalue weighted by Gasteiger charge is 2.32. The van der Waals surface area contributed by atoms with Crippen LogP contribution in [0.15, 0.2) is 42.5 Å². The molecule has 0 radical (unpaired) electrons. The number of nitrogens with zero attached hydrogens (tertiary/aromatic N) is 1. The van der Waals surface area contributed by atoms with Crippen LogP contribution in [-0.4, -0.2) is 11.3 Å². The van der Waals surface area contributed by atoms with Gasteiger partial charge < -0.3 is 4.74 Å². The molecule has 0 aliphatic heterocycles. The van der Waals surface area contributed by atoms with E-state index in [2.05, 4.69) is 9.72 Å². The van der Waals surface area contributed by atoms with Crippen molar-refractivity contribution in [1.82, 2.24) is 4.98 Å². The van der Waals surface area contributed by atoms with Crippen molar-refractivity contribution in [3.05, 3.63) is 47.5 Å². The Morgan fingerprint density at radius 1 is 1.00 bits per heavy atom. The third-order valence-electron chi connectivity index (χ3n) is 2.93. The van der Waals surface area contributed by atoms with Gasteiger partial charge in [0.25, 0.3) is 0 Å². The maximum Gasteiger partial charge on any atom is 0.573 e. The molecule has 0 aliphatic carbocycles. The van der Waals surface area contributed by atoms with Gasteiger partial charge in [0.1, 0.15) is 5.75 Å². The minimum atomic E-state index is -4.72. The first kappa shape index (κ1) is 13.9. The number of hydrogen-bond donors (Lipinski definition) is 0. The fourth-order valence-corrected chi connectivity index (χ4v) is 3.03. The Hall–Kier alpha value is -2.08. The largest absolute Gasteiger partial charge is 0.573 e. The molecular formula is C15H10F3NOS. The Labute approximate surface area is 122 Å². The summed E-state index contributed by atoms with van der Waals surface area (Å²) in [6.45, 7) is 1.87. The Morgan fingerprint density at radius 3 is 2.48 bits per heavy atom. The number of benzene rings is 2. The normalized spacial score (nSPS) is 11.8. The van der Waals surface area contributed by atoms with E-state index < -0.39 is 6.36 Å². The van der Waals surface area contributed by atoms with E-state index in [1.165, 1.54) is 23.5 Å². The van der Waals surface area contributed by atoms with Gasteiger partial charge in [0.15, 0.2) is 0 Å². The zero-order valence-electron chi connectivity index (χ0n) is 10.9. The number of thiazole rings is 1. The molecule has 2 aromatic carbocycles. The lowest BCUT2D eigenvalue weighted by atomic mass is 10.0. The summed E-state index contributed by atoms with van der Waals surface area (Å²) in [6, 6.07) is 11.6. The van der Waals surface area contributed by atoms with Crippen LogP contribution < -0.4 is 4.74 Å². The van der Waals surface area contributed by atoms with Crippen LogP contribution in [0.3, 0.4) is 0 Å². The van der Waals surface area contributed by atoms with Gasteiger partial charge in [0.2, 0.25) is 0 Å². The van der Waals surface area contributed by atoms with Gasteiger partial charge in [-0.3, -0.25) is 0 Å². The SMILES string of the molecule is Cc1nc2c(-c3ccccc3OC(F)(F)F)cccc2s1. The highest BCUT2D eigenvalue weighted by Crippen LogP contribution is 2.38. The van der Waals surface area contributed by atoms with Gasteiger partial charge in [0.05, 0.1) is 15.2 Å². The molecule has 21 heavy (non-hydrogen) atoms. The van der Waals surface area contributed by atoms with Crippen molar-refractivity contribution >= 4 is 21.6 Å². The molecule has 108 valence electrons. The van der Waals surface area contributed by atoms with Gasteiger partial charge in [0, 0.05) is 11.1 Å². The maximum absolute atomic E-state index is 12.5. The van der Waals surface area contributed by atoms with E-state index in [0.29, 0.717) is 16.6 Å². The van der Waals surface area contributed by atoms with Crippen LogP contribution in [0.5, 0.6) is 5.75 Å². The predicted octanol–water partition coefficient (Wildman–Crippen LogP) is 5.17. The van der Waals surface area contributed by atoms with Crippen LogP contribution in [0.25, 0.3) is 21.3 Å². The van der Waals surface area contributed by atoms with Crippen molar-refractivity contribution in [1.29, 1.82) is 0 Å². The first-order valence-corrected chi connectivity index (χ1v) is 6.97. The zero-order valence-corrected chi connectivity index (χ0v) is 11.8. The molecule has 1 aromatic heterocycles. The van der Waals surface area contributed by atoms with Gasteiger partial charge in [-0.05, 0) is 19.1 Å². The summed E-state index contributed by atoms with van der Waals surface area (Å²) in [5.41, 5.74) is 1.71. The summed E-state index contributed by atoms with van der Waals surface area (Å²) < 4.78 is 42.6. The molecule has 0 saturated heterocycles. The second-order valence-electron chi connectivity index (χ2n) is 4.43. The van der Waals surface area contributed by atoms with Gasteiger partial charge >= 0.3 is 6.36 Å². The van der Waals surface area contributed by atoms with Crippen molar-refractivity contribution in [2.24, 2.45) is 0 Å². The molecule has 0 saturated carbocycles. The van der Waals surface area contributed by atoms with E-state index >= 15 is 0 Å². The number of aromatic nitrogens is 1. The van der Waals surface area contributed by atoms with Crippen molar-refractivity contribution in [2.45, 2.75) is 13.3 Å². The number of aryl methyl sites for hydroxylation is 1. The van der Waals surface area contributed by atoms with E-state index in [-0.39, 0.29) is 5.75 Å². The van der Waals surface area contributed by atoms with E-state index in [1.54, 1.807) is 24.3 Å². The van der Waals surface area contributed by atoms with Crippen molar-refractivity contribution in [3.8, 4) is 16.9 Å². The van der Waals surface area contributed by atoms with E-state index in [0.717, 1.165) is 9.71 Å². The van der Waals surface area contributed by atoms with Crippen LogP contribution in [0, 0.1) is 6.92 Å². The number of ether oxygens (including phenoxy) is 1. The van der Waals surface area contributed by atoms with E-state index in [4.69, 9.17) is 0 Å². The summed E-state index contributed by atoms with van der Waals surface area (Å²) in [7, 11) is 0. The van der Waals surface area contributed by atoms with Crippen molar-refractivity contribution < 1.29 is 17.9 Å². The second-order valence-corrected chi connectivity index (χ2v) is 5.66. The zero-order chi connectivity index (χ0) is 15.0. The highest BCUT2D eigenvalue weighted by molar-refractivity contribution is 7.18. The minimum Gasteiger partial charge on any atom is -0.405 e. The molecule has 0 atom stereocenters. The van der Waals surface area contributed by atoms with Crippen LogP contribution in [0.2, 0.25) is 0 Å². The number of para-hydroxylation sites is 2. The molecule has 1 heterocycles. The minimum absolute atomic E-state index is 0.219. The molecule has 6 heteroatoms.